The van der Waals surface area contributed by atoms with E-state index in [1.54, 1.807) is 12.1 Å². The topological polar surface area (TPSA) is 112 Å². The van der Waals surface area contributed by atoms with Crippen molar-refractivity contribution in [3.05, 3.63) is 41.8 Å². The molecule has 3 N–H and O–H groups in total. The van der Waals surface area contributed by atoms with Crippen LogP contribution in [0.4, 0.5) is 15.0 Å². The van der Waals surface area contributed by atoms with E-state index in [0.717, 1.165) is 25.7 Å². The zero-order valence-corrected chi connectivity index (χ0v) is 15.2. The number of amides is 3. The largest absolute Gasteiger partial charge is 0.353 e. The van der Waals surface area contributed by atoms with E-state index >= 15 is 0 Å². The Labute approximate surface area is 161 Å². The molecule has 3 rings (SSSR count). The van der Waals surface area contributed by atoms with Gasteiger partial charge in [-0.1, -0.05) is 18.9 Å². The highest BCUT2D eigenvalue weighted by molar-refractivity contribution is 5.88. The summed E-state index contributed by atoms with van der Waals surface area (Å²) in [5.41, 5.74) is 0.148. The molecule has 0 bridgehead atoms. The second-order valence-corrected chi connectivity index (χ2v) is 6.57. The fraction of sp³-hybridized carbons (Fsp3) is 0.368. The molecule has 0 atom stereocenters. The van der Waals surface area contributed by atoms with Gasteiger partial charge in [0, 0.05) is 31.3 Å². The van der Waals surface area contributed by atoms with Crippen molar-refractivity contribution < 1.29 is 14.0 Å². The van der Waals surface area contributed by atoms with Crippen molar-refractivity contribution in [1.29, 1.82) is 5.26 Å². The number of halogens is 1. The first-order valence-electron chi connectivity index (χ1n) is 9.15. The van der Waals surface area contributed by atoms with Gasteiger partial charge in [0.05, 0.1) is 5.69 Å². The molecule has 0 spiro atoms. The summed E-state index contributed by atoms with van der Waals surface area (Å²) in [6.45, 7) is 0.202. The Morgan fingerprint density at radius 1 is 1.29 bits per heavy atom. The summed E-state index contributed by atoms with van der Waals surface area (Å²) in [7, 11) is 0. The summed E-state index contributed by atoms with van der Waals surface area (Å²) in [4.78, 5) is 23.8. The number of carbonyl (C=O) groups is 2. The van der Waals surface area contributed by atoms with Gasteiger partial charge in [-0.15, -0.1) is 5.10 Å². The standard InChI is InChI=1S/C19H21FN6O2/c20-15-6-3-7-16(14(15)12-21)26-11-9-17(25-26)24-19(28)22-10-8-18(27)23-13-4-1-2-5-13/h3,6-7,9,11,13H,1-2,4-5,8,10H2,(H,23,27)(H2,22,24,25,28). The third-order valence-corrected chi connectivity index (χ3v) is 4.54. The average Bonchev–Trinajstić information content (AvgIpc) is 3.33. The van der Waals surface area contributed by atoms with E-state index in [4.69, 9.17) is 5.26 Å². The van der Waals surface area contributed by atoms with Crippen LogP contribution in [0.25, 0.3) is 5.69 Å². The van der Waals surface area contributed by atoms with Crippen LogP contribution in [0.2, 0.25) is 0 Å². The van der Waals surface area contributed by atoms with Gasteiger partial charge < -0.3 is 10.6 Å². The molecule has 0 aliphatic heterocycles. The highest BCUT2D eigenvalue weighted by atomic mass is 19.1. The molecule has 2 aromatic rings. The first-order chi connectivity index (χ1) is 13.6. The summed E-state index contributed by atoms with van der Waals surface area (Å²) in [5.74, 6) is -0.480. The summed E-state index contributed by atoms with van der Waals surface area (Å²) in [6, 6.07) is 7.31. The molecule has 1 heterocycles. The number of nitriles is 1. The first-order valence-corrected chi connectivity index (χ1v) is 9.15. The molecular weight excluding hydrogens is 363 g/mol. The van der Waals surface area contributed by atoms with Gasteiger partial charge in [-0.2, -0.15) is 5.26 Å². The predicted molar refractivity (Wildman–Crippen MR) is 100 cm³/mol. The van der Waals surface area contributed by atoms with E-state index in [9.17, 15) is 14.0 Å². The molecule has 3 amide bonds. The maximum Gasteiger partial charge on any atom is 0.320 e. The number of urea groups is 1. The number of benzene rings is 1. The Morgan fingerprint density at radius 2 is 2.07 bits per heavy atom. The number of carbonyl (C=O) groups excluding carboxylic acids is 2. The van der Waals surface area contributed by atoms with Crippen LogP contribution in [0.1, 0.15) is 37.7 Å². The van der Waals surface area contributed by atoms with Crippen LogP contribution in [-0.2, 0) is 4.79 Å². The third kappa shape index (κ3) is 4.85. The van der Waals surface area contributed by atoms with Crippen LogP contribution in [0, 0.1) is 17.1 Å². The minimum absolute atomic E-state index is 0.0772. The fourth-order valence-corrected chi connectivity index (χ4v) is 3.16. The number of aromatic nitrogens is 2. The van der Waals surface area contributed by atoms with Crippen molar-refractivity contribution in [2.45, 2.75) is 38.1 Å². The Hall–Kier alpha value is -3.41. The van der Waals surface area contributed by atoms with Crippen LogP contribution < -0.4 is 16.0 Å². The van der Waals surface area contributed by atoms with Gasteiger partial charge in [-0.3, -0.25) is 10.1 Å². The number of anilines is 1. The van der Waals surface area contributed by atoms with Crippen LogP contribution >= 0.6 is 0 Å². The van der Waals surface area contributed by atoms with E-state index in [0.29, 0.717) is 0 Å². The van der Waals surface area contributed by atoms with Crippen LogP contribution in [0.3, 0.4) is 0 Å². The van der Waals surface area contributed by atoms with Crippen molar-refractivity contribution in [3.8, 4) is 11.8 Å². The normalized spacial score (nSPS) is 13.7. The first kappa shape index (κ1) is 19.4. The zero-order valence-electron chi connectivity index (χ0n) is 15.2. The van der Waals surface area contributed by atoms with Crippen molar-refractivity contribution >= 4 is 17.8 Å². The molecule has 9 heteroatoms. The molecular formula is C19H21FN6O2. The molecule has 1 saturated carbocycles. The average molecular weight is 384 g/mol. The van der Waals surface area contributed by atoms with E-state index in [-0.39, 0.29) is 42.0 Å². The van der Waals surface area contributed by atoms with Gasteiger partial charge in [0.1, 0.15) is 17.4 Å². The third-order valence-electron chi connectivity index (χ3n) is 4.54. The Morgan fingerprint density at radius 3 is 2.82 bits per heavy atom. The molecule has 1 aromatic heterocycles. The maximum absolute atomic E-state index is 13.7. The Kier molecular flexibility index (Phi) is 6.22. The number of nitrogens with zero attached hydrogens (tertiary/aromatic N) is 3. The van der Waals surface area contributed by atoms with Gasteiger partial charge in [-0.05, 0) is 25.0 Å². The zero-order chi connectivity index (χ0) is 19.9. The van der Waals surface area contributed by atoms with Gasteiger partial charge in [-0.25, -0.2) is 13.9 Å². The van der Waals surface area contributed by atoms with Crippen LogP contribution in [-0.4, -0.2) is 34.3 Å². The van der Waals surface area contributed by atoms with E-state index < -0.39 is 11.8 Å². The summed E-state index contributed by atoms with van der Waals surface area (Å²) >= 11 is 0. The number of hydrogen-bond donors (Lipinski definition) is 3. The van der Waals surface area contributed by atoms with Gasteiger partial charge >= 0.3 is 6.03 Å². The molecule has 0 unspecified atom stereocenters. The monoisotopic (exact) mass is 384 g/mol. The molecule has 8 nitrogen and oxygen atoms in total. The lowest BCUT2D eigenvalue weighted by molar-refractivity contribution is -0.121. The number of hydrogen-bond acceptors (Lipinski definition) is 4. The second kappa shape index (κ2) is 8.99. The van der Waals surface area contributed by atoms with Gasteiger partial charge in [0.25, 0.3) is 0 Å². The molecule has 1 fully saturated rings. The summed E-state index contributed by atoms with van der Waals surface area (Å²) in [6.07, 6.45) is 6.03. The van der Waals surface area contributed by atoms with Crippen molar-refractivity contribution in [2.75, 3.05) is 11.9 Å². The van der Waals surface area contributed by atoms with Crippen molar-refractivity contribution in [1.82, 2.24) is 20.4 Å². The number of nitrogens with one attached hydrogen (secondary N) is 3. The van der Waals surface area contributed by atoms with Crippen LogP contribution in [0.5, 0.6) is 0 Å². The predicted octanol–water partition coefficient (Wildman–Crippen LogP) is 2.45. The fourth-order valence-electron chi connectivity index (χ4n) is 3.16. The highest BCUT2D eigenvalue weighted by Gasteiger charge is 2.17. The lowest BCUT2D eigenvalue weighted by atomic mass is 10.2. The molecule has 146 valence electrons. The molecule has 28 heavy (non-hydrogen) atoms. The molecule has 1 aliphatic carbocycles. The quantitative estimate of drug-likeness (QED) is 0.710. The molecule has 0 radical (unpaired) electrons. The van der Waals surface area contributed by atoms with Crippen molar-refractivity contribution in [2.24, 2.45) is 0 Å². The SMILES string of the molecule is N#Cc1c(F)cccc1-n1ccc(NC(=O)NCCC(=O)NC2CCCC2)n1. The molecule has 0 saturated heterocycles. The van der Waals surface area contributed by atoms with E-state index in [1.807, 2.05) is 0 Å². The van der Waals surface area contributed by atoms with E-state index in [1.165, 1.54) is 29.1 Å². The van der Waals surface area contributed by atoms with Gasteiger partial charge in [0.15, 0.2) is 5.82 Å². The lowest BCUT2D eigenvalue weighted by Crippen LogP contribution is -2.36. The Balaban J connectivity index is 1.48. The molecule has 1 aromatic carbocycles. The maximum atomic E-state index is 13.7. The highest BCUT2D eigenvalue weighted by Crippen LogP contribution is 2.18. The lowest BCUT2D eigenvalue weighted by Gasteiger charge is -2.12. The van der Waals surface area contributed by atoms with E-state index in [2.05, 4.69) is 21.0 Å². The summed E-state index contributed by atoms with van der Waals surface area (Å²) in [5, 5.41) is 21.3. The van der Waals surface area contributed by atoms with Gasteiger partial charge in [0.2, 0.25) is 5.91 Å². The van der Waals surface area contributed by atoms with Crippen molar-refractivity contribution in [3.63, 3.8) is 0 Å². The van der Waals surface area contributed by atoms with Crippen LogP contribution in [0.15, 0.2) is 30.5 Å². The number of rotatable bonds is 6. The molecule has 1 aliphatic rings. The summed E-state index contributed by atoms with van der Waals surface area (Å²) < 4.78 is 15.0. The second-order valence-electron chi connectivity index (χ2n) is 6.57. The Bertz CT molecular complexity index is 898. The minimum Gasteiger partial charge on any atom is -0.353 e. The smallest absolute Gasteiger partial charge is 0.320 e. The minimum atomic E-state index is -0.640.